The molecule has 3 aliphatic rings. The number of hydrogen-bond acceptors (Lipinski definition) is 1. The molecule has 1 nitrogen and oxygen atoms in total. The van der Waals surface area contributed by atoms with E-state index in [-0.39, 0.29) is 0 Å². The van der Waals surface area contributed by atoms with Gasteiger partial charge in [-0.25, -0.2) is 0 Å². The molecule has 0 spiro atoms. The van der Waals surface area contributed by atoms with Crippen molar-refractivity contribution < 1.29 is 4.74 Å². The Morgan fingerprint density at radius 2 is 1.67 bits per heavy atom. The third kappa shape index (κ3) is 5.70. The highest BCUT2D eigenvalue weighted by Crippen LogP contribution is 2.47. The van der Waals surface area contributed by atoms with E-state index in [0.717, 1.165) is 30.3 Å². The van der Waals surface area contributed by atoms with E-state index < -0.39 is 0 Å². The Morgan fingerprint density at radius 3 is 2.53 bits per heavy atom. The minimum atomic E-state index is 0.559. The fraction of sp³-hybridized carbons (Fsp3) is 0.793. The maximum absolute atomic E-state index is 6.24. The lowest BCUT2D eigenvalue weighted by Crippen LogP contribution is -2.34. The highest BCUT2D eigenvalue weighted by molar-refractivity contribution is 5.36. The molecule has 5 atom stereocenters. The summed E-state index contributed by atoms with van der Waals surface area (Å²) >= 11 is 0. The van der Waals surface area contributed by atoms with Crippen molar-refractivity contribution in [1.29, 1.82) is 0 Å². The van der Waals surface area contributed by atoms with Crippen molar-refractivity contribution in [2.24, 2.45) is 17.8 Å². The number of unbranched alkanes of at least 4 members (excludes halogenated alkanes) is 3. The number of ether oxygens (including phenoxy) is 1. The second-order valence-electron chi connectivity index (χ2n) is 10.8. The summed E-state index contributed by atoms with van der Waals surface area (Å²) in [6, 6.07) is 7.64. The van der Waals surface area contributed by atoms with Crippen molar-refractivity contribution >= 4 is 0 Å². The lowest BCUT2D eigenvalue weighted by molar-refractivity contribution is -0.0162. The molecule has 2 saturated carbocycles. The van der Waals surface area contributed by atoms with Crippen LogP contribution in [-0.2, 0) is 17.6 Å². The summed E-state index contributed by atoms with van der Waals surface area (Å²) in [5.74, 6) is 3.64. The van der Waals surface area contributed by atoms with Crippen LogP contribution in [0.4, 0.5) is 0 Å². The van der Waals surface area contributed by atoms with E-state index in [9.17, 15) is 0 Å². The summed E-state index contributed by atoms with van der Waals surface area (Å²) in [6.45, 7) is 5.59. The Kier molecular flexibility index (Phi) is 8.33. The van der Waals surface area contributed by atoms with Crippen LogP contribution < -0.4 is 0 Å². The average molecular weight is 411 g/mol. The summed E-state index contributed by atoms with van der Waals surface area (Å²) in [5, 5.41) is 0. The third-order valence-electron chi connectivity index (χ3n) is 8.66. The van der Waals surface area contributed by atoms with Gasteiger partial charge >= 0.3 is 0 Å². The maximum atomic E-state index is 6.24. The zero-order valence-electron chi connectivity index (χ0n) is 19.8. The number of aryl methyl sites for hydroxylation is 1. The fourth-order valence-electron chi connectivity index (χ4n) is 6.75. The van der Waals surface area contributed by atoms with Gasteiger partial charge in [-0.1, -0.05) is 64.2 Å². The van der Waals surface area contributed by atoms with Crippen molar-refractivity contribution in [2.45, 2.75) is 122 Å². The first-order valence-corrected chi connectivity index (χ1v) is 13.5. The number of fused-ring (bicyclic) bond motifs is 2. The Bertz CT molecular complexity index is 650. The normalized spacial score (nSPS) is 31.2. The molecule has 0 aromatic heterocycles. The Labute approximate surface area is 186 Å². The molecule has 168 valence electrons. The van der Waals surface area contributed by atoms with Gasteiger partial charge in [0.2, 0.25) is 0 Å². The minimum absolute atomic E-state index is 0.559. The Morgan fingerprint density at radius 1 is 0.833 bits per heavy atom. The van der Waals surface area contributed by atoms with Gasteiger partial charge in [0.1, 0.15) is 0 Å². The molecule has 1 aromatic carbocycles. The SMILES string of the molecule is CCCCCOC1CCC2CC(c3ccc4c(c3)CCC(CCCC)C4)CCC2C1. The first-order valence-electron chi connectivity index (χ1n) is 13.5. The molecular weight excluding hydrogens is 364 g/mol. The highest BCUT2D eigenvalue weighted by atomic mass is 16.5. The largest absolute Gasteiger partial charge is 0.378 e. The van der Waals surface area contributed by atoms with Crippen LogP contribution in [0, 0.1) is 17.8 Å². The van der Waals surface area contributed by atoms with Crippen molar-refractivity contribution in [3.8, 4) is 0 Å². The van der Waals surface area contributed by atoms with Crippen molar-refractivity contribution in [3.63, 3.8) is 0 Å². The summed E-state index contributed by atoms with van der Waals surface area (Å²) in [7, 11) is 0. The molecule has 0 amide bonds. The van der Waals surface area contributed by atoms with Crippen molar-refractivity contribution in [1.82, 2.24) is 0 Å². The van der Waals surface area contributed by atoms with Crippen LogP contribution >= 0.6 is 0 Å². The van der Waals surface area contributed by atoms with E-state index in [1.54, 1.807) is 16.7 Å². The van der Waals surface area contributed by atoms with Gasteiger partial charge in [0, 0.05) is 6.61 Å². The summed E-state index contributed by atoms with van der Waals surface area (Å²) in [6.07, 6.45) is 21.0. The van der Waals surface area contributed by atoms with Crippen LogP contribution in [0.3, 0.4) is 0 Å². The molecule has 30 heavy (non-hydrogen) atoms. The highest BCUT2D eigenvalue weighted by Gasteiger charge is 2.36. The average Bonchev–Trinajstić information content (AvgIpc) is 2.79. The van der Waals surface area contributed by atoms with E-state index in [0.29, 0.717) is 6.10 Å². The maximum Gasteiger partial charge on any atom is 0.0578 e. The van der Waals surface area contributed by atoms with E-state index >= 15 is 0 Å². The Balaban J connectivity index is 1.28. The van der Waals surface area contributed by atoms with Crippen molar-refractivity contribution in [2.75, 3.05) is 6.61 Å². The van der Waals surface area contributed by atoms with Crippen LogP contribution in [-0.4, -0.2) is 12.7 Å². The van der Waals surface area contributed by atoms with Gasteiger partial charge in [0.05, 0.1) is 6.10 Å². The molecule has 2 fully saturated rings. The van der Waals surface area contributed by atoms with E-state index in [1.807, 2.05) is 0 Å². The van der Waals surface area contributed by atoms with E-state index in [2.05, 4.69) is 32.0 Å². The van der Waals surface area contributed by atoms with Gasteiger partial charge in [0.25, 0.3) is 0 Å². The molecule has 0 radical (unpaired) electrons. The third-order valence-corrected chi connectivity index (χ3v) is 8.66. The second kappa shape index (κ2) is 11.2. The molecule has 0 aliphatic heterocycles. The molecular formula is C29H46O. The zero-order valence-corrected chi connectivity index (χ0v) is 19.8. The quantitative estimate of drug-likeness (QED) is 0.372. The minimum Gasteiger partial charge on any atom is -0.378 e. The molecule has 1 aromatic rings. The number of benzene rings is 1. The van der Waals surface area contributed by atoms with Gasteiger partial charge in [-0.2, -0.15) is 0 Å². The van der Waals surface area contributed by atoms with Crippen LogP contribution in [0.25, 0.3) is 0 Å². The van der Waals surface area contributed by atoms with Crippen LogP contribution in [0.15, 0.2) is 18.2 Å². The van der Waals surface area contributed by atoms with Crippen LogP contribution in [0.5, 0.6) is 0 Å². The smallest absolute Gasteiger partial charge is 0.0578 e. The van der Waals surface area contributed by atoms with Gasteiger partial charge in [-0.05, 0) is 105 Å². The molecule has 0 N–H and O–H groups in total. The fourth-order valence-corrected chi connectivity index (χ4v) is 6.75. The number of rotatable bonds is 9. The molecule has 0 heterocycles. The predicted octanol–water partition coefficient (Wildman–Crippen LogP) is 8.24. The monoisotopic (exact) mass is 410 g/mol. The molecule has 0 bridgehead atoms. The summed E-state index contributed by atoms with van der Waals surface area (Å²) in [4.78, 5) is 0. The lowest BCUT2D eigenvalue weighted by Gasteiger charge is -2.42. The second-order valence-corrected chi connectivity index (χ2v) is 10.8. The summed E-state index contributed by atoms with van der Waals surface area (Å²) < 4.78 is 6.24. The van der Waals surface area contributed by atoms with Crippen LogP contribution in [0.1, 0.15) is 120 Å². The standard InChI is InChI=1S/C29H46O/c1-3-5-7-17-30-29-16-15-27-20-26(13-14-28(27)21-29)25-12-11-23-18-22(8-6-4-2)9-10-24(23)19-25/h11-12,19,22,26-29H,3-10,13-18,20-21H2,1-2H3. The molecule has 0 saturated heterocycles. The molecule has 5 unspecified atom stereocenters. The van der Waals surface area contributed by atoms with Gasteiger partial charge in [-0.3, -0.25) is 0 Å². The molecule has 3 aliphatic carbocycles. The van der Waals surface area contributed by atoms with E-state index in [4.69, 9.17) is 4.74 Å². The predicted molar refractivity (Wildman–Crippen MR) is 128 cm³/mol. The first kappa shape index (κ1) is 22.4. The van der Waals surface area contributed by atoms with E-state index in [1.165, 1.54) is 96.3 Å². The topological polar surface area (TPSA) is 9.23 Å². The lowest BCUT2D eigenvalue weighted by atomic mass is 9.65. The van der Waals surface area contributed by atoms with Crippen molar-refractivity contribution in [3.05, 3.63) is 34.9 Å². The molecule has 4 rings (SSSR count). The molecule has 1 heteroatoms. The summed E-state index contributed by atoms with van der Waals surface area (Å²) in [5.41, 5.74) is 5.02. The zero-order chi connectivity index (χ0) is 20.8. The van der Waals surface area contributed by atoms with Gasteiger partial charge in [0.15, 0.2) is 0 Å². The van der Waals surface area contributed by atoms with Crippen LogP contribution in [0.2, 0.25) is 0 Å². The van der Waals surface area contributed by atoms with Gasteiger partial charge in [-0.15, -0.1) is 0 Å². The first-order chi connectivity index (χ1) is 14.8. The number of hydrogen-bond donors (Lipinski definition) is 0. The Hall–Kier alpha value is -0.820. The van der Waals surface area contributed by atoms with Gasteiger partial charge < -0.3 is 4.74 Å².